The van der Waals surface area contributed by atoms with Crippen LogP contribution >= 0.6 is 34.8 Å². The quantitative estimate of drug-likeness (QED) is 0.175. The molecule has 0 saturated heterocycles. The number of anilines is 3. The van der Waals surface area contributed by atoms with Crippen molar-refractivity contribution in [1.29, 1.82) is 10.5 Å². The van der Waals surface area contributed by atoms with Gasteiger partial charge in [0, 0.05) is 11.4 Å². The molecule has 4 rings (SSSR count). The standard InChI is InChI=1S/C14H11ClFN3.C8H11N.C6HCl2FN2.CH4/c1-8-4-3-5-12(9(8)2)18-14-11(16)6-10(7-17)13(15)19-14;1-6-4-3-5-8(9)7(6)2;7-5-3(2-10)1-4(9)6(8)11-5;/h3-6H,1-2H3,(H,18,19);3-5H,9H2,1-2H3;1H;1H4. The van der Waals surface area contributed by atoms with Crippen molar-refractivity contribution >= 4 is 52.0 Å². The van der Waals surface area contributed by atoms with Crippen molar-refractivity contribution in [3.05, 3.63) is 109 Å². The van der Waals surface area contributed by atoms with E-state index < -0.39 is 11.6 Å². The van der Waals surface area contributed by atoms with E-state index in [1.807, 2.05) is 51.1 Å². The number of nitrogens with zero attached hydrogens (tertiary/aromatic N) is 4. The van der Waals surface area contributed by atoms with Gasteiger partial charge in [-0.1, -0.05) is 66.5 Å². The Labute approximate surface area is 248 Å². The molecular weight excluding hydrogens is 577 g/mol. The Kier molecular flexibility index (Phi) is 13.3. The summed E-state index contributed by atoms with van der Waals surface area (Å²) in [4.78, 5) is 7.24. The van der Waals surface area contributed by atoms with Crippen LogP contribution in [0.3, 0.4) is 0 Å². The number of pyridine rings is 2. The summed E-state index contributed by atoms with van der Waals surface area (Å²) in [6, 6.07) is 17.1. The lowest BCUT2D eigenvalue weighted by atomic mass is 10.1. The number of halogens is 5. The SMILES string of the molecule is C.Cc1cccc(N)c1C.Cc1cccc(Nc2nc(Cl)c(C#N)cc2F)c1C.N#Cc1cc(F)c(Cl)nc1Cl. The van der Waals surface area contributed by atoms with Gasteiger partial charge in [-0.15, -0.1) is 0 Å². The molecule has 0 bridgehead atoms. The van der Waals surface area contributed by atoms with E-state index in [0.717, 1.165) is 34.6 Å². The van der Waals surface area contributed by atoms with Crippen LogP contribution in [0.1, 0.15) is 40.8 Å². The normalized spacial score (nSPS) is 9.47. The highest BCUT2D eigenvalue weighted by Gasteiger charge is 2.12. The lowest BCUT2D eigenvalue weighted by molar-refractivity contribution is 0.621. The number of aryl methyl sites for hydroxylation is 2. The zero-order valence-corrected chi connectivity index (χ0v) is 23.6. The summed E-state index contributed by atoms with van der Waals surface area (Å²) < 4.78 is 26.3. The zero-order chi connectivity index (χ0) is 29.3. The summed E-state index contributed by atoms with van der Waals surface area (Å²) in [5.41, 5.74) is 11.8. The number of rotatable bonds is 2. The van der Waals surface area contributed by atoms with E-state index in [9.17, 15) is 8.78 Å². The number of hydrogen-bond donors (Lipinski definition) is 2. The van der Waals surface area contributed by atoms with E-state index in [0.29, 0.717) is 0 Å². The average Bonchev–Trinajstić information content (AvgIpc) is 2.90. The Morgan fingerprint density at radius 3 is 1.77 bits per heavy atom. The first kappa shape index (κ1) is 34.1. The molecule has 0 amide bonds. The predicted molar refractivity (Wildman–Crippen MR) is 159 cm³/mol. The van der Waals surface area contributed by atoms with Crippen LogP contribution < -0.4 is 11.1 Å². The molecule has 0 fully saturated rings. The fourth-order valence-corrected chi connectivity index (χ4v) is 3.49. The number of nitriles is 2. The molecule has 0 aliphatic rings. The molecule has 208 valence electrons. The van der Waals surface area contributed by atoms with Gasteiger partial charge in [-0.05, 0) is 74.2 Å². The Balaban J connectivity index is 0.000000324. The monoisotopic (exact) mass is 602 g/mol. The minimum absolute atomic E-state index is 0. The first-order valence-corrected chi connectivity index (χ1v) is 12.4. The Morgan fingerprint density at radius 1 is 0.750 bits per heavy atom. The van der Waals surface area contributed by atoms with Crippen LogP contribution in [0.2, 0.25) is 15.5 Å². The van der Waals surface area contributed by atoms with Crippen LogP contribution in [-0.2, 0) is 0 Å². The number of aromatic nitrogens is 2. The predicted octanol–water partition coefficient (Wildman–Crippen LogP) is 9.03. The van der Waals surface area contributed by atoms with E-state index >= 15 is 0 Å². The minimum atomic E-state index is -0.743. The van der Waals surface area contributed by atoms with E-state index in [-0.39, 0.29) is 39.8 Å². The number of hydrogen-bond acceptors (Lipinski definition) is 6. The van der Waals surface area contributed by atoms with Crippen molar-refractivity contribution < 1.29 is 8.78 Å². The molecule has 6 nitrogen and oxygen atoms in total. The van der Waals surface area contributed by atoms with Crippen LogP contribution in [-0.4, -0.2) is 9.97 Å². The highest BCUT2D eigenvalue weighted by atomic mass is 35.5. The second-order valence-corrected chi connectivity index (χ2v) is 9.22. The van der Waals surface area contributed by atoms with Crippen molar-refractivity contribution in [2.75, 3.05) is 11.1 Å². The zero-order valence-electron chi connectivity index (χ0n) is 21.4. The van der Waals surface area contributed by atoms with Crippen LogP contribution in [0, 0.1) is 62.0 Å². The molecule has 2 heterocycles. The second-order valence-electron chi connectivity index (χ2n) is 8.14. The van der Waals surface area contributed by atoms with Gasteiger partial charge >= 0.3 is 0 Å². The molecule has 0 aliphatic heterocycles. The minimum Gasteiger partial charge on any atom is -0.399 e. The maximum atomic E-state index is 13.8. The molecule has 0 spiro atoms. The topological polar surface area (TPSA) is 111 Å². The molecular formula is C29H27Cl3F2N6. The van der Waals surface area contributed by atoms with Crippen molar-refractivity contribution in [3.63, 3.8) is 0 Å². The maximum absolute atomic E-state index is 13.8. The number of nitrogens with two attached hydrogens (primary N) is 1. The third-order valence-electron chi connectivity index (χ3n) is 5.56. The van der Waals surface area contributed by atoms with Gasteiger partial charge in [0.25, 0.3) is 0 Å². The molecule has 2 aromatic carbocycles. The number of nitrogens with one attached hydrogen (secondary N) is 1. The van der Waals surface area contributed by atoms with E-state index in [1.165, 1.54) is 11.1 Å². The summed E-state index contributed by atoms with van der Waals surface area (Å²) in [5, 5.41) is 19.6. The van der Waals surface area contributed by atoms with Crippen molar-refractivity contribution in [3.8, 4) is 12.1 Å². The first-order valence-electron chi connectivity index (χ1n) is 11.2. The molecule has 0 saturated carbocycles. The fourth-order valence-electron chi connectivity index (χ4n) is 2.94. The van der Waals surface area contributed by atoms with Crippen LogP contribution in [0.15, 0.2) is 48.5 Å². The van der Waals surface area contributed by atoms with Crippen molar-refractivity contribution in [2.24, 2.45) is 0 Å². The van der Waals surface area contributed by atoms with Crippen LogP contribution in [0.25, 0.3) is 0 Å². The molecule has 3 N–H and O–H groups in total. The Bertz CT molecular complexity index is 1560. The van der Waals surface area contributed by atoms with Gasteiger partial charge in [0.15, 0.2) is 22.6 Å². The van der Waals surface area contributed by atoms with E-state index in [1.54, 1.807) is 12.1 Å². The number of nitrogen functional groups attached to an aromatic ring is 1. The summed E-state index contributed by atoms with van der Waals surface area (Å²) >= 11 is 16.5. The highest BCUT2D eigenvalue weighted by molar-refractivity contribution is 6.33. The lowest BCUT2D eigenvalue weighted by Crippen LogP contribution is -2.01. The molecule has 0 unspecified atom stereocenters. The van der Waals surface area contributed by atoms with Gasteiger partial charge in [0.05, 0.1) is 11.1 Å². The third kappa shape index (κ3) is 9.07. The summed E-state index contributed by atoms with van der Waals surface area (Å²) in [7, 11) is 0. The third-order valence-corrected chi connectivity index (χ3v) is 6.40. The molecule has 40 heavy (non-hydrogen) atoms. The smallest absolute Gasteiger partial charge is 0.168 e. The highest BCUT2D eigenvalue weighted by Crippen LogP contribution is 2.26. The Morgan fingerprint density at radius 2 is 1.25 bits per heavy atom. The van der Waals surface area contributed by atoms with E-state index in [4.69, 9.17) is 51.1 Å². The summed E-state index contributed by atoms with van der Waals surface area (Å²) in [6.45, 7) is 7.99. The van der Waals surface area contributed by atoms with Crippen molar-refractivity contribution in [1.82, 2.24) is 9.97 Å². The van der Waals surface area contributed by atoms with Crippen molar-refractivity contribution in [2.45, 2.75) is 35.1 Å². The van der Waals surface area contributed by atoms with Gasteiger partial charge in [-0.3, -0.25) is 0 Å². The van der Waals surface area contributed by atoms with Gasteiger partial charge < -0.3 is 11.1 Å². The lowest BCUT2D eigenvalue weighted by Gasteiger charge is -2.11. The van der Waals surface area contributed by atoms with Gasteiger partial charge in [0.2, 0.25) is 0 Å². The number of benzene rings is 2. The maximum Gasteiger partial charge on any atom is 0.168 e. The van der Waals surface area contributed by atoms with Crippen LogP contribution in [0.4, 0.5) is 26.0 Å². The molecule has 2 aromatic heterocycles. The first-order chi connectivity index (χ1) is 18.4. The molecule has 11 heteroatoms. The molecule has 0 aliphatic carbocycles. The Hall–Kier alpha value is -3.95. The van der Waals surface area contributed by atoms with Crippen LogP contribution in [0.5, 0.6) is 0 Å². The molecule has 4 aromatic rings. The molecule has 0 atom stereocenters. The van der Waals surface area contributed by atoms with E-state index in [2.05, 4.69) is 28.3 Å². The summed E-state index contributed by atoms with van der Waals surface area (Å²) in [6.07, 6.45) is 0. The van der Waals surface area contributed by atoms with Gasteiger partial charge in [-0.2, -0.15) is 10.5 Å². The summed E-state index contributed by atoms with van der Waals surface area (Å²) in [5.74, 6) is -1.34. The molecule has 0 radical (unpaired) electrons. The fraction of sp³-hybridized carbons (Fsp3) is 0.172. The second kappa shape index (κ2) is 15.6. The van der Waals surface area contributed by atoms with Gasteiger partial charge in [-0.25, -0.2) is 18.7 Å². The average molecular weight is 604 g/mol. The van der Waals surface area contributed by atoms with Gasteiger partial charge in [0.1, 0.15) is 22.4 Å². The largest absolute Gasteiger partial charge is 0.399 e.